The molecule has 0 saturated carbocycles. The molecule has 0 saturated heterocycles. The average Bonchev–Trinajstić information content (AvgIpc) is 2.22. The first-order valence-electron chi connectivity index (χ1n) is 5.64. The lowest BCUT2D eigenvalue weighted by atomic mass is 10.1. The van der Waals surface area contributed by atoms with Crippen molar-refractivity contribution in [3.05, 3.63) is 17.0 Å². The average molecular weight is 311 g/mol. The van der Waals surface area contributed by atoms with Crippen molar-refractivity contribution in [1.29, 1.82) is 0 Å². The monoisotopic (exact) mass is 310 g/mol. The van der Waals surface area contributed by atoms with Gasteiger partial charge in [0.1, 0.15) is 5.82 Å². The minimum Gasteiger partial charge on any atom is -0.361 e. The van der Waals surface area contributed by atoms with Gasteiger partial charge in [0.2, 0.25) is 11.2 Å². The standard InChI is InChI=1S/C11H14ClF3N4O/c1-10(2,3)19-8(20)5-16-7-4-6(11(13,14)15)17-9(12)18-7/h4H,5H2,1-3H3,(H,19,20)(H,16,17,18). The highest BCUT2D eigenvalue weighted by atomic mass is 35.5. The fraction of sp³-hybridized carbons (Fsp3) is 0.545. The molecular weight excluding hydrogens is 297 g/mol. The lowest BCUT2D eigenvalue weighted by Crippen LogP contribution is -2.43. The second-order valence-electron chi connectivity index (χ2n) is 5.06. The Bertz CT molecular complexity index is 499. The van der Waals surface area contributed by atoms with Gasteiger partial charge >= 0.3 is 6.18 Å². The smallest absolute Gasteiger partial charge is 0.361 e. The zero-order valence-corrected chi connectivity index (χ0v) is 11.9. The van der Waals surface area contributed by atoms with Crippen LogP contribution in [0.4, 0.5) is 19.0 Å². The van der Waals surface area contributed by atoms with Crippen molar-refractivity contribution in [2.24, 2.45) is 0 Å². The Morgan fingerprint density at radius 3 is 2.40 bits per heavy atom. The normalized spacial score (nSPS) is 12.2. The van der Waals surface area contributed by atoms with Gasteiger partial charge in [-0.1, -0.05) is 0 Å². The Labute approximate surface area is 118 Å². The molecule has 1 rings (SSSR count). The van der Waals surface area contributed by atoms with Gasteiger partial charge in [0.05, 0.1) is 6.54 Å². The van der Waals surface area contributed by atoms with E-state index in [-0.39, 0.29) is 18.3 Å². The molecule has 1 heterocycles. The Morgan fingerprint density at radius 1 is 1.30 bits per heavy atom. The van der Waals surface area contributed by atoms with Crippen molar-refractivity contribution in [3.8, 4) is 0 Å². The first-order valence-corrected chi connectivity index (χ1v) is 6.02. The molecule has 0 aromatic carbocycles. The second kappa shape index (κ2) is 5.82. The van der Waals surface area contributed by atoms with E-state index in [1.807, 2.05) is 0 Å². The number of rotatable bonds is 3. The van der Waals surface area contributed by atoms with Crippen LogP contribution in [0, 0.1) is 0 Å². The number of hydrogen-bond acceptors (Lipinski definition) is 4. The van der Waals surface area contributed by atoms with Gasteiger partial charge in [-0.15, -0.1) is 0 Å². The SMILES string of the molecule is CC(C)(C)NC(=O)CNc1cc(C(F)(F)F)nc(Cl)n1. The van der Waals surface area contributed by atoms with Crippen LogP contribution in [-0.4, -0.2) is 28.0 Å². The molecule has 1 aromatic heterocycles. The Hall–Kier alpha value is -1.57. The number of amides is 1. The zero-order chi connectivity index (χ0) is 15.6. The number of carbonyl (C=O) groups excluding carboxylic acids is 1. The summed E-state index contributed by atoms with van der Waals surface area (Å²) in [6.45, 7) is 5.14. The molecule has 0 unspecified atom stereocenters. The molecule has 0 atom stereocenters. The predicted molar refractivity (Wildman–Crippen MR) is 68.4 cm³/mol. The van der Waals surface area contributed by atoms with Crippen LogP contribution in [0.2, 0.25) is 5.28 Å². The molecule has 0 aliphatic rings. The minimum absolute atomic E-state index is 0.165. The van der Waals surface area contributed by atoms with Crippen LogP contribution >= 0.6 is 11.6 Å². The summed E-state index contributed by atoms with van der Waals surface area (Å²) in [4.78, 5) is 18.2. The predicted octanol–water partition coefficient (Wildman–Crippen LogP) is 2.48. The van der Waals surface area contributed by atoms with Crippen molar-refractivity contribution in [2.45, 2.75) is 32.5 Å². The number of hydrogen-bond donors (Lipinski definition) is 2. The van der Waals surface area contributed by atoms with E-state index in [0.29, 0.717) is 6.07 Å². The highest BCUT2D eigenvalue weighted by molar-refractivity contribution is 6.28. The molecule has 112 valence electrons. The van der Waals surface area contributed by atoms with Gasteiger partial charge in [-0.2, -0.15) is 13.2 Å². The summed E-state index contributed by atoms with van der Waals surface area (Å²) in [6, 6.07) is 0.691. The first-order chi connectivity index (χ1) is 8.97. The minimum atomic E-state index is -4.63. The van der Waals surface area contributed by atoms with E-state index in [1.165, 1.54) is 0 Å². The van der Waals surface area contributed by atoms with E-state index < -0.39 is 22.7 Å². The van der Waals surface area contributed by atoms with E-state index in [9.17, 15) is 18.0 Å². The summed E-state index contributed by atoms with van der Waals surface area (Å²) in [7, 11) is 0. The molecule has 0 bridgehead atoms. The largest absolute Gasteiger partial charge is 0.433 e. The fourth-order valence-electron chi connectivity index (χ4n) is 1.29. The number of nitrogens with zero attached hydrogens (tertiary/aromatic N) is 2. The molecule has 5 nitrogen and oxygen atoms in total. The van der Waals surface area contributed by atoms with Crippen LogP contribution in [-0.2, 0) is 11.0 Å². The van der Waals surface area contributed by atoms with Crippen LogP contribution in [0.3, 0.4) is 0 Å². The quantitative estimate of drug-likeness (QED) is 0.842. The number of carbonyl (C=O) groups is 1. The maximum atomic E-state index is 12.5. The molecule has 2 N–H and O–H groups in total. The van der Waals surface area contributed by atoms with Crippen molar-refractivity contribution in [2.75, 3.05) is 11.9 Å². The molecule has 0 fully saturated rings. The topological polar surface area (TPSA) is 66.9 Å². The molecule has 1 aromatic rings. The summed E-state index contributed by atoms with van der Waals surface area (Å²) >= 11 is 5.42. The molecule has 0 spiro atoms. The number of halogens is 4. The van der Waals surface area contributed by atoms with E-state index >= 15 is 0 Å². The molecule has 0 radical (unpaired) electrons. The highest BCUT2D eigenvalue weighted by Crippen LogP contribution is 2.29. The molecule has 9 heteroatoms. The first kappa shape index (κ1) is 16.5. The Balaban J connectivity index is 2.74. The third kappa shape index (κ3) is 5.60. The summed E-state index contributed by atoms with van der Waals surface area (Å²) in [5.74, 6) is -0.540. The van der Waals surface area contributed by atoms with Crippen LogP contribution in [0.1, 0.15) is 26.5 Å². The van der Waals surface area contributed by atoms with Crippen LogP contribution < -0.4 is 10.6 Å². The summed E-state index contributed by atoms with van der Waals surface area (Å²) in [5, 5.41) is 4.58. The van der Waals surface area contributed by atoms with Gasteiger partial charge in [0.25, 0.3) is 0 Å². The van der Waals surface area contributed by atoms with Gasteiger partial charge < -0.3 is 10.6 Å². The van der Waals surface area contributed by atoms with E-state index in [0.717, 1.165) is 0 Å². The summed E-state index contributed by atoms with van der Waals surface area (Å²) < 4.78 is 37.5. The molecule has 0 aliphatic carbocycles. The van der Waals surface area contributed by atoms with Crippen molar-refractivity contribution in [3.63, 3.8) is 0 Å². The van der Waals surface area contributed by atoms with Gasteiger partial charge in [-0.05, 0) is 32.4 Å². The Kier molecular flexibility index (Phi) is 4.80. The molecule has 0 aliphatic heterocycles. The maximum absolute atomic E-state index is 12.5. The number of alkyl halides is 3. The van der Waals surface area contributed by atoms with E-state index in [1.54, 1.807) is 20.8 Å². The van der Waals surface area contributed by atoms with Crippen LogP contribution in [0.25, 0.3) is 0 Å². The lowest BCUT2D eigenvalue weighted by molar-refractivity contribution is -0.141. The maximum Gasteiger partial charge on any atom is 0.433 e. The number of aromatic nitrogens is 2. The van der Waals surface area contributed by atoms with E-state index in [2.05, 4.69) is 20.6 Å². The van der Waals surface area contributed by atoms with Crippen molar-refractivity contribution in [1.82, 2.24) is 15.3 Å². The third-order valence-corrected chi connectivity index (χ3v) is 2.10. The number of anilines is 1. The van der Waals surface area contributed by atoms with Crippen molar-refractivity contribution < 1.29 is 18.0 Å². The lowest BCUT2D eigenvalue weighted by Gasteiger charge is -2.20. The molecular formula is C11H14ClF3N4O. The highest BCUT2D eigenvalue weighted by Gasteiger charge is 2.33. The van der Waals surface area contributed by atoms with Gasteiger partial charge in [0, 0.05) is 11.6 Å². The molecule has 1 amide bonds. The zero-order valence-electron chi connectivity index (χ0n) is 11.1. The summed E-state index contributed by atoms with van der Waals surface area (Å²) in [6.07, 6.45) is -4.63. The van der Waals surface area contributed by atoms with E-state index in [4.69, 9.17) is 11.6 Å². The molecule has 20 heavy (non-hydrogen) atoms. The summed E-state index contributed by atoms with van der Waals surface area (Å²) in [5.41, 5.74) is -1.60. The van der Waals surface area contributed by atoms with Gasteiger partial charge in [-0.25, -0.2) is 9.97 Å². The van der Waals surface area contributed by atoms with Crippen molar-refractivity contribution >= 4 is 23.3 Å². The fourth-order valence-corrected chi connectivity index (χ4v) is 1.47. The van der Waals surface area contributed by atoms with Gasteiger partial charge in [-0.3, -0.25) is 4.79 Å². The number of nitrogens with one attached hydrogen (secondary N) is 2. The Morgan fingerprint density at radius 2 is 1.90 bits per heavy atom. The van der Waals surface area contributed by atoms with Gasteiger partial charge in [0.15, 0.2) is 5.69 Å². The van der Waals surface area contributed by atoms with Crippen LogP contribution in [0.15, 0.2) is 6.07 Å². The third-order valence-electron chi connectivity index (χ3n) is 1.93. The van der Waals surface area contributed by atoms with Crippen LogP contribution in [0.5, 0.6) is 0 Å². The second-order valence-corrected chi connectivity index (χ2v) is 5.40.